The number of aromatic nitrogens is 2. The average molecular weight is 321 g/mol. The number of aromatic hydroxyl groups is 1. The lowest BCUT2D eigenvalue weighted by molar-refractivity contribution is 0.447. The van der Waals surface area contributed by atoms with Crippen molar-refractivity contribution < 1.29 is 5.11 Å². The molecule has 1 aromatic heterocycles. The first-order valence-corrected chi connectivity index (χ1v) is 8.04. The summed E-state index contributed by atoms with van der Waals surface area (Å²) in [7, 11) is 1.98. The monoisotopic (exact) mass is 321 g/mol. The van der Waals surface area contributed by atoms with Crippen molar-refractivity contribution in [2.24, 2.45) is 0 Å². The molecule has 2 aromatic carbocycles. The molecule has 0 atom stereocenters. The van der Waals surface area contributed by atoms with Gasteiger partial charge in [0.05, 0.1) is 5.69 Å². The zero-order valence-corrected chi connectivity index (χ0v) is 14.6. The topological polar surface area (TPSA) is 41.3 Å². The third-order valence-electron chi connectivity index (χ3n) is 4.11. The van der Waals surface area contributed by atoms with E-state index in [2.05, 4.69) is 25.9 Å². The minimum atomic E-state index is -0.121. The van der Waals surface area contributed by atoms with Crippen LogP contribution in [0.4, 0.5) is 11.5 Å². The van der Waals surface area contributed by atoms with E-state index in [4.69, 9.17) is 0 Å². The van der Waals surface area contributed by atoms with Gasteiger partial charge in [0.25, 0.3) is 0 Å². The summed E-state index contributed by atoms with van der Waals surface area (Å²) in [5.74, 6) is 1.18. The van der Waals surface area contributed by atoms with Gasteiger partial charge in [-0.05, 0) is 35.7 Å². The minimum absolute atomic E-state index is 0.121. The third-order valence-corrected chi connectivity index (χ3v) is 4.11. The molecule has 124 valence electrons. The number of nitrogens with zero attached hydrogens (tertiary/aromatic N) is 3. The van der Waals surface area contributed by atoms with Crippen molar-refractivity contribution in [3.8, 4) is 11.4 Å². The SMILES string of the molecule is CN(c1ccc(O)c(C(C)(C)C)c1)c1ccn(-c2ccccc2)n1. The Hall–Kier alpha value is -2.75. The molecule has 1 N–H and O–H groups in total. The van der Waals surface area contributed by atoms with Crippen molar-refractivity contribution >= 4 is 11.5 Å². The Kier molecular flexibility index (Phi) is 4.06. The number of hydrogen-bond donors (Lipinski definition) is 1. The van der Waals surface area contributed by atoms with Crippen LogP contribution in [0.25, 0.3) is 5.69 Å². The maximum atomic E-state index is 10.1. The lowest BCUT2D eigenvalue weighted by Crippen LogP contribution is -2.15. The predicted octanol–water partition coefficient (Wildman–Crippen LogP) is 4.64. The maximum Gasteiger partial charge on any atom is 0.155 e. The Morgan fingerprint density at radius 1 is 1.00 bits per heavy atom. The summed E-state index contributed by atoms with van der Waals surface area (Å²) in [4.78, 5) is 2.02. The number of rotatable bonds is 3. The number of anilines is 2. The fourth-order valence-electron chi connectivity index (χ4n) is 2.68. The molecule has 0 saturated heterocycles. The summed E-state index contributed by atoms with van der Waals surface area (Å²) < 4.78 is 1.86. The van der Waals surface area contributed by atoms with Crippen LogP contribution in [0.5, 0.6) is 5.75 Å². The molecule has 0 saturated carbocycles. The van der Waals surface area contributed by atoms with E-state index >= 15 is 0 Å². The molecule has 0 fully saturated rings. The molecule has 0 aliphatic heterocycles. The van der Waals surface area contributed by atoms with E-state index in [9.17, 15) is 5.11 Å². The maximum absolute atomic E-state index is 10.1. The molecule has 0 amide bonds. The fourth-order valence-corrected chi connectivity index (χ4v) is 2.68. The summed E-state index contributed by atoms with van der Waals surface area (Å²) in [6, 6.07) is 17.7. The van der Waals surface area contributed by atoms with Gasteiger partial charge < -0.3 is 10.0 Å². The van der Waals surface area contributed by atoms with Crippen LogP contribution < -0.4 is 4.90 Å². The summed E-state index contributed by atoms with van der Waals surface area (Å²) in [5.41, 5.74) is 2.83. The summed E-state index contributed by atoms with van der Waals surface area (Å²) in [6.45, 7) is 6.28. The van der Waals surface area contributed by atoms with Crippen molar-refractivity contribution in [1.29, 1.82) is 0 Å². The molecule has 0 aliphatic carbocycles. The fraction of sp³-hybridized carbons (Fsp3) is 0.250. The molecule has 3 rings (SSSR count). The molecule has 0 bridgehead atoms. The van der Waals surface area contributed by atoms with Crippen molar-refractivity contribution in [2.75, 3.05) is 11.9 Å². The van der Waals surface area contributed by atoms with Crippen LogP contribution in [-0.2, 0) is 5.41 Å². The molecular weight excluding hydrogens is 298 g/mol. The lowest BCUT2D eigenvalue weighted by atomic mass is 9.86. The Balaban J connectivity index is 1.93. The molecular formula is C20H23N3O. The summed E-state index contributed by atoms with van der Waals surface area (Å²) in [6.07, 6.45) is 1.95. The van der Waals surface area contributed by atoms with Crippen LogP contribution in [0.1, 0.15) is 26.3 Å². The van der Waals surface area contributed by atoms with Crippen molar-refractivity contribution in [2.45, 2.75) is 26.2 Å². The highest BCUT2D eigenvalue weighted by atomic mass is 16.3. The molecule has 1 heterocycles. The van der Waals surface area contributed by atoms with E-state index in [-0.39, 0.29) is 5.41 Å². The summed E-state index contributed by atoms with van der Waals surface area (Å²) in [5, 5.41) is 14.8. The van der Waals surface area contributed by atoms with Crippen LogP contribution in [0.15, 0.2) is 60.8 Å². The second kappa shape index (κ2) is 6.04. The first kappa shape index (κ1) is 16.1. The Morgan fingerprint density at radius 2 is 1.71 bits per heavy atom. The number of hydrogen-bond acceptors (Lipinski definition) is 3. The van der Waals surface area contributed by atoms with Gasteiger partial charge in [-0.15, -0.1) is 5.10 Å². The van der Waals surface area contributed by atoms with Gasteiger partial charge in [0.15, 0.2) is 5.82 Å². The molecule has 0 radical (unpaired) electrons. The van der Waals surface area contributed by atoms with Crippen molar-refractivity contribution in [3.05, 3.63) is 66.4 Å². The van der Waals surface area contributed by atoms with E-state index in [0.29, 0.717) is 5.75 Å². The second-order valence-corrected chi connectivity index (χ2v) is 6.96. The molecule has 4 heteroatoms. The first-order valence-electron chi connectivity index (χ1n) is 8.04. The molecule has 3 aromatic rings. The zero-order chi connectivity index (χ0) is 17.3. The van der Waals surface area contributed by atoms with Gasteiger partial charge in [-0.1, -0.05) is 39.0 Å². The molecule has 0 unspecified atom stereocenters. The van der Waals surface area contributed by atoms with Gasteiger partial charge in [0.2, 0.25) is 0 Å². The number of phenolic OH excluding ortho intramolecular Hbond substituents is 1. The average Bonchev–Trinajstić information content (AvgIpc) is 3.04. The Morgan fingerprint density at radius 3 is 2.38 bits per heavy atom. The van der Waals surface area contributed by atoms with Crippen molar-refractivity contribution in [3.63, 3.8) is 0 Å². The van der Waals surface area contributed by atoms with Crippen LogP contribution in [0, 0.1) is 0 Å². The Labute approximate surface area is 143 Å². The first-order chi connectivity index (χ1) is 11.4. The van der Waals surface area contributed by atoms with Gasteiger partial charge >= 0.3 is 0 Å². The van der Waals surface area contributed by atoms with E-state index in [0.717, 1.165) is 22.8 Å². The van der Waals surface area contributed by atoms with E-state index < -0.39 is 0 Å². The van der Waals surface area contributed by atoms with Crippen LogP contribution in [0.3, 0.4) is 0 Å². The van der Waals surface area contributed by atoms with Crippen LogP contribution in [-0.4, -0.2) is 21.9 Å². The quantitative estimate of drug-likeness (QED) is 0.764. The standard InChI is InChI=1S/C20H23N3O/c1-20(2,3)17-14-16(10-11-18(17)24)22(4)19-12-13-23(21-19)15-8-6-5-7-9-15/h5-14,24H,1-4H3. The number of para-hydroxylation sites is 1. The zero-order valence-electron chi connectivity index (χ0n) is 14.6. The van der Waals surface area contributed by atoms with Gasteiger partial charge in [-0.2, -0.15) is 0 Å². The normalized spacial score (nSPS) is 11.5. The van der Waals surface area contributed by atoms with E-state index in [1.165, 1.54) is 0 Å². The second-order valence-electron chi connectivity index (χ2n) is 6.96. The lowest BCUT2D eigenvalue weighted by Gasteiger charge is -2.24. The third kappa shape index (κ3) is 3.13. The van der Waals surface area contributed by atoms with Crippen molar-refractivity contribution in [1.82, 2.24) is 9.78 Å². The summed E-state index contributed by atoms with van der Waals surface area (Å²) >= 11 is 0. The van der Waals surface area contributed by atoms with Gasteiger partial charge in [-0.25, -0.2) is 4.68 Å². The highest BCUT2D eigenvalue weighted by Crippen LogP contribution is 2.35. The highest BCUT2D eigenvalue weighted by molar-refractivity contribution is 5.62. The predicted molar refractivity (Wildman–Crippen MR) is 98.4 cm³/mol. The van der Waals surface area contributed by atoms with Crippen LogP contribution >= 0.6 is 0 Å². The molecule has 24 heavy (non-hydrogen) atoms. The molecule has 4 nitrogen and oxygen atoms in total. The molecule has 0 aliphatic rings. The number of benzene rings is 2. The highest BCUT2D eigenvalue weighted by Gasteiger charge is 2.20. The van der Waals surface area contributed by atoms with Gasteiger partial charge in [0.1, 0.15) is 5.75 Å². The van der Waals surface area contributed by atoms with Gasteiger partial charge in [-0.3, -0.25) is 0 Å². The number of phenols is 1. The largest absolute Gasteiger partial charge is 0.508 e. The smallest absolute Gasteiger partial charge is 0.155 e. The van der Waals surface area contributed by atoms with E-state index in [1.807, 2.05) is 71.4 Å². The van der Waals surface area contributed by atoms with Crippen LogP contribution in [0.2, 0.25) is 0 Å². The Bertz CT molecular complexity index is 832. The molecule has 0 spiro atoms. The van der Waals surface area contributed by atoms with E-state index in [1.54, 1.807) is 6.07 Å². The van der Waals surface area contributed by atoms with Gasteiger partial charge in [0, 0.05) is 30.6 Å². The minimum Gasteiger partial charge on any atom is -0.508 e.